The van der Waals surface area contributed by atoms with Gasteiger partial charge in [-0.05, 0) is 36.1 Å². The first kappa shape index (κ1) is 13.8. The minimum atomic E-state index is -0.247. The molecule has 4 N–H and O–H groups in total. The van der Waals surface area contributed by atoms with Crippen molar-refractivity contribution in [2.24, 2.45) is 5.41 Å². The average molecular weight is 288 g/mol. The summed E-state index contributed by atoms with van der Waals surface area (Å²) in [5.41, 5.74) is 6.36. The highest BCUT2D eigenvalue weighted by atomic mass is 19.1. The maximum atomic E-state index is 13.0. The first-order valence-electron chi connectivity index (χ1n) is 6.82. The molecule has 0 amide bonds. The van der Waals surface area contributed by atoms with Crippen LogP contribution in [0.15, 0.2) is 36.5 Å². The lowest BCUT2D eigenvalue weighted by molar-refractivity contribution is 0.215. The van der Waals surface area contributed by atoms with Crippen molar-refractivity contribution in [3.05, 3.63) is 47.9 Å². The summed E-state index contributed by atoms with van der Waals surface area (Å²) in [5, 5.41) is 12.9. The van der Waals surface area contributed by atoms with E-state index in [1.54, 1.807) is 24.4 Å². The summed E-state index contributed by atoms with van der Waals surface area (Å²) in [6.45, 7) is 0.657. The number of nitrogens with one attached hydrogen (secondary N) is 1. The molecule has 1 fully saturated rings. The summed E-state index contributed by atoms with van der Waals surface area (Å²) < 4.78 is 13.0. The zero-order valence-corrected chi connectivity index (χ0v) is 11.5. The predicted molar refractivity (Wildman–Crippen MR) is 78.2 cm³/mol. The van der Waals surface area contributed by atoms with Gasteiger partial charge in [0.1, 0.15) is 11.6 Å². The lowest BCUT2D eigenvalue weighted by Gasteiger charge is -2.16. The van der Waals surface area contributed by atoms with E-state index >= 15 is 0 Å². The van der Waals surface area contributed by atoms with E-state index in [9.17, 15) is 9.50 Å². The topological polar surface area (TPSA) is 84.1 Å². The van der Waals surface area contributed by atoms with E-state index in [4.69, 9.17) is 5.73 Å². The Morgan fingerprint density at radius 1 is 1.33 bits per heavy atom. The van der Waals surface area contributed by atoms with Crippen LogP contribution >= 0.6 is 0 Å². The van der Waals surface area contributed by atoms with Crippen LogP contribution in [-0.2, 0) is 0 Å². The normalized spacial score (nSPS) is 23.8. The minimum absolute atomic E-state index is 0.0720. The van der Waals surface area contributed by atoms with Crippen LogP contribution in [-0.4, -0.2) is 28.2 Å². The Bertz CT molecular complexity index is 634. The Morgan fingerprint density at radius 3 is 2.76 bits per heavy atom. The molecule has 0 radical (unpaired) electrons. The van der Waals surface area contributed by atoms with Gasteiger partial charge >= 0.3 is 0 Å². The molecule has 0 aliphatic heterocycles. The van der Waals surface area contributed by atoms with Gasteiger partial charge < -0.3 is 16.2 Å². The van der Waals surface area contributed by atoms with Gasteiger partial charge in [0.2, 0.25) is 5.95 Å². The average Bonchev–Trinajstić information content (AvgIpc) is 3.21. The molecule has 0 saturated heterocycles. The lowest BCUT2D eigenvalue weighted by atomic mass is 10.00. The number of nitrogen functional groups attached to an aromatic ring is 1. The van der Waals surface area contributed by atoms with Crippen molar-refractivity contribution in [1.82, 2.24) is 9.97 Å². The zero-order chi connectivity index (χ0) is 14.9. The molecular formula is C15H17FN4O. The number of benzene rings is 1. The molecule has 6 heteroatoms. The SMILES string of the molecule is Nc1nccc(NCC2(CO)CC2c2ccc(F)cc2)n1. The maximum absolute atomic E-state index is 13.0. The fourth-order valence-electron chi connectivity index (χ4n) is 2.68. The molecule has 1 heterocycles. The summed E-state index contributed by atoms with van der Waals surface area (Å²) >= 11 is 0. The van der Waals surface area contributed by atoms with Crippen molar-refractivity contribution in [3.63, 3.8) is 0 Å². The van der Waals surface area contributed by atoms with Gasteiger partial charge in [-0.25, -0.2) is 9.37 Å². The molecular weight excluding hydrogens is 271 g/mol. The highest BCUT2D eigenvalue weighted by Gasteiger charge is 2.54. The number of hydrogen-bond acceptors (Lipinski definition) is 5. The van der Waals surface area contributed by atoms with Gasteiger partial charge in [-0.3, -0.25) is 0 Å². The molecule has 1 aliphatic carbocycles. The van der Waals surface area contributed by atoms with Crippen molar-refractivity contribution >= 4 is 11.8 Å². The molecule has 3 rings (SSSR count). The summed E-state index contributed by atoms with van der Waals surface area (Å²) in [6, 6.07) is 8.19. The first-order valence-corrected chi connectivity index (χ1v) is 6.82. The molecule has 2 atom stereocenters. The second-order valence-corrected chi connectivity index (χ2v) is 5.48. The van der Waals surface area contributed by atoms with E-state index in [1.165, 1.54) is 12.1 Å². The largest absolute Gasteiger partial charge is 0.396 e. The van der Waals surface area contributed by atoms with Crippen LogP contribution in [0.2, 0.25) is 0 Å². The quantitative estimate of drug-likeness (QED) is 0.781. The summed E-state index contributed by atoms with van der Waals surface area (Å²) in [7, 11) is 0. The summed E-state index contributed by atoms with van der Waals surface area (Å²) in [6.07, 6.45) is 2.45. The van der Waals surface area contributed by atoms with Crippen LogP contribution in [0, 0.1) is 11.2 Å². The fourth-order valence-corrected chi connectivity index (χ4v) is 2.68. The number of hydrogen-bond donors (Lipinski definition) is 3. The molecule has 5 nitrogen and oxygen atoms in total. The molecule has 2 unspecified atom stereocenters. The second kappa shape index (κ2) is 5.29. The van der Waals surface area contributed by atoms with E-state index in [0.29, 0.717) is 12.4 Å². The molecule has 21 heavy (non-hydrogen) atoms. The van der Waals surface area contributed by atoms with Crippen LogP contribution in [0.3, 0.4) is 0 Å². The Labute approximate surface area is 122 Å². The Kier molecular flexibility index (Phi) is 3.47. The highest BCUT2D eigenvalue weighted by Crippen LogP contribution is 2.58. The van der Waals surface area contributed by atoms with Crippen LogP contribution in [0.1, 0.15) is 17.9 Å². The van der Waals surface area contributed by atoms with Gasteiger partial charge in [-0.1, -0.05) is 12.1 Å². The van der Waals surface area contributed by atoms with Gasteiger partial charge in [0.15, 0.2) is 0 Å². The van der Waals surface area contributed by atoms with Crippen molar-refractivity contribution in [3.8, 4) is 0 Å². The predicted octanol–water partition coefficient (Wildman–Crippen LogP) is 1.78. The summed E-state index contributed by atoms with van der Waals surface area (Å²) in [4.78, 5) is 7.90. The van der Waals surface area contributed by atoms with E-state index in [1.807, 2.05) is 0 Å². The molecule has 0 spiro atoms. The van der Waals surface area contributed by atoms with Gasteiger partial charge in [0.05, 0.1) is 6.61 Å². The third-order valence-corrected chi connectivity index (χ3v) is 4.07. The first-order chi connectivity index (χ1) is 10.1. The standard InChI is InChI=1S/C15H17FN4O/c16-11-3-1-10(2-4-11)12-7-15(12,9-21)8-19-13-5-6-18-14(17)20-13/h1-6,12,21H,7-9H2,(H3,17,18,19,20). The van der Waals surface area contributed by atoms with Gasteiger partial charge in [0, 0.05) is 18.2 Å². The highest BCUT2D eigenvalue weighted by molar-refractivity contribution is 5.40. The minimum Gasteiger partial charge on any atom is -0.396 e. The van der Waals surface area contributed by atoms with Crippen molar-refractivity contribution < 1.29 is 9.50 Å². The number of aromatic nitrogens is 2. The number of nitrogens with zero attached hydrogens (tertiary/aromatic N) is 2. The third kappa shape index (κ3) is 2.80. The van der Waals surface area contributed by atoms with E-state index < -0.39 is 0 Å². The van der Waals surface area contributed by atoms with Gasteiger partial charge in [0.25, 0.3) is 0 Å². The number of aliphatic hydroxyl groups excluding tert-OH is 1. The number of nitrogens with two attached hydrogens (primary N) is 1. The monoisotopic (exact) mass is 288 g/mol. The smallest absolute Gasteiger partial charge is 0.221 e. The molecule has 1 aromatic carbocycles. The molecule has 1 aromatic heterocycles. The van der Waals surface area contributed by atoms with Crippen molar-refractivity contribution in [1.29, 1.82) is 0 Å². The maximum Gasteiger partial charge on any atom is 0.221 e. The number of anilines is 2. The van der Waals surface area contributed by atoms with Crippen molar-refractivity contribution in [2.45, 2.75) is 12.3 Å². The number of halogens is 1. The molecule has 1 saturated carbocycles. The molecule has 0 bridgehead atoms. The Morgan fingerprint density at radius 2 is 2.10 bits per heavy atom. The zero-order valence-electron chi connectivity index (χ0n) is 11.5. The van der Waals surface area contributed by atoms with Crippen LogP contribution in [0.5, 0.6) is 0 Å². The van der Waals surface area contributed by atoms with E-state index in [2.05, 4.69) is 15.3 Å². The molecule has 1 aliphatic rings. The Hall–Kier alpha value is -2.21. The Balaban J connectivity index is 1.68. The summed E-state index contributed by atoms with van der Waals surface area (Å²) in [5.74, 6) is 0.836. The van der Waals surface area contributed by atoms with E-state index in [-0.39, 0.29) is 29.7 Å². The van der Waals surface area contributed by atoms with Gasteiger partial charge in [-0.15, -0.1) is 0 Å². The number of aliphatic hydroxyl groups is 1. The number of rotatable bonds is 5. The second-order valence-electron chi connectivity index (χ2n) is 5.48. The third-order valence-electron chi connectivity index (χ3n) is 4.07. The van der Waals surface area contributed by atoms with Crippen LogP contribution in [0.4, 0.5) is 16.2 Å². The van der Waals surface area contributed by atoms with Crippen molar-refractivity contribution in [2.75, 3.05) is 24.2 Å². The van der Waals surface area contributed by atoms with Crippen LogP contribution in [0.25, 0.3) is 0 Å². The molecule has 110 valence electrons. The lowest BCUT2D eigenvalue weighted by Crippen LogP contribution is -2.22. The van der Waals surface area contributed by atoms with Crippen LogP contribution < -0.4 is 11.1 Å². The fraction of sp³-hybridized carbons (Fsp3) is 0.333. The van der Waals surface area contributed by atoms with E-state index in [0.717, 1.165) is 12.0 Å². The molecule has 2 aromatic rings. The van der Waals surface area contributed by atoms with Gasteiger partial charge in [-0.2, -0.15) is 4.98 Å².